The van der Waals surface area contributed by atoms with E-state index in [4.69, 9.17) is 16.3 Å². The predicted octanol–water partition coefficient (Wildman–Crippen LogP) is 4.41. The van der Waals surface area contributed by atoms with Gasteiger partial charge in [0.05, 0.1) is 6.04 Å². The van der Waals surface area contributed by atoms with E-state index in [1.807, 2.05) is 42.5 Å². The molecule has 0 saturated heterocycles. The van der Waals surface area contributed by atoms with Crippen molar-refractivity contribution in [3.63, 3.8) is 0 Å². The number of hydrogen-bond donors (Lipinski definition) is 1. The van der Waals surface area contributed by atoms with Crippen LogP contribution in [0, 0.1) is 0 Å². The SMILES string of the molecule is CC(Oc1ccc(Cl)cc1)C(=O)NC(c1ccccc1)c1ccncc1. The Labute approximate surface area is 157 Å². The lowest BCUT2D eigenvalue weighted by Crippen LogP contribution is -2.39. The van der Waals surface area contributed by atoms with E-state index in [0.717, 1.165) is 11.1 Å². The van der Waals surface area contributed by atoms with Crippen LogP contribution in [0.5, 0.6) is 5.75 Å². The van der Waals surface area contributed by atoms with Crippen molar-refractivity contribution in [3.05, 3.63) is 95.3 Å². The average molecular weight is 367 g/mol. The second kappa shape index (κ2) is 8.50. The minimum atomic E-state index is -0.649. The van der Waals surface area contributed by atoms with Crippen molar-refractivity contribution >= 4 is 17.5 Å². The molecule has 0 aliphatic rings. The molecule has 132 valence electrons. The number of aromatic nitrogens is 1. The summed E-state index contributed by atoms with van der Waals surface area (Å²) in [6.45, 7) is 1.72. The van der Waals surface area contributed by atoms with Gasteiger partial charge in [-0.2, -0.15) is 0 Å². The second-order valence-corrected chi connectivity index (χ2v) is 6.28. The zero-order chi connectivity index (χ0) is 18.4. The highest BCUT2D eigenvalue weighted by molar-refractivity contribution is 6.30. The van der Waals surface area contributed by atoms with Gasteiger partial charge in [0.2, 0.25) is 0 Å². The first-order valence-corrected chi connectivity index (χ1v) is 8.69. The van der Waals surface area contributed by atoms with Crippen molar-refractivity contribution in [1.82, 2.24) is 10.3 Å². The zero-order valence-corrected chi connectivity index (χ0v) is 15.1. The van der Waals surface area contributed by atoms with Crippen LogP contribution in [0.2, 0.25) is 5.02 Å². The number of carbonyl (C=O) groups excluding carboxylic acids is 1. The monoisotopic (exact) mass is 366 g/mol. The molecule has 0 aliphatic heterocycles. The molecule has 26 heavy (non-hydrogen) atoms. The van der Waals surface area contributed by atoms with Gasteiger partial charge in [-0.15, -0.1) is 0 Å². The van der Waals surface area contributed by atoms with Gasteiger partial charge in [-0.25, -0.2) is 0 Å². The first-order valence-electron chi connectivity index (χ1n) is 8.31. The number of pyridine rings is 1. The highest BCUT2D eigenvalue weighted by atomic mass is 35.5. The first-order chi connectivity index (χ1) is 12.6. The minimum Gasteiger partial charge on any atom is -0.481 e. The lowest BCUT2D eigenvalue weighted by Gasteiger charge is -2.22. The fraction of sp³-hybridized carbons (Fsp3) is 0.143. The van der Waals surface area contributed by atoms with Crippen molar-refractivity contribution in [2.45, 2.75) is 19.1 Å². The van der Waals surface area contributed by atoms with Crippen LogP contribution in [0.1, 0.15) is 24.1 Å². The zero-order valence-electron chi connectivity index (χ0n) is 14.3. The Morgan fingerprint density at radius 2 is 1.58 bits per heavy atom. The standard InChI is InChI=1S/C21H19ClN2O2/c1-15(26-19-9-7-18(22)8-10-19)21(25)24-20(16-5-3-2-4-6-16)17-11-13-23-14-12-17/h2-15,20H,1H3,(H,24,25). The van der Waals surface area contributed by atoms with E-state index in [1.165, 1.54) is 0 Å². The van der Waals surface area contributed by atoms with Gasteiger partial charge in [0.25, 0.3) is 5.91 Å². The van der Waals surface area contributed by atoms with E-state index in [9.17, 15) is 4.79 Å². The van der Waals surface area contributed by atoms with Crippen LogP contribution in [0.15, 0.2) is 79.1 Å². The molecule has 2 unspecified atom stereocenters. The van der Waals surface area contributed by atoms with Gasteiger partial charge < -0.3 is 10.1 Å². The van der Waals surface area contributed by atoms with E-state index in [1.54, 1.807) is 43.6 Å². The molecule has 1 amide bonds. The summed E-state index contributed by atoms with van der Waals surface area (Å²) in [5.41, 5.74) is 1.95. The predicted molar refractivity (Wildman–Crippen MR) is 102 cm³/mol. The molecule has 0 aliphatic carbocycles. The van der Waals surface area contributed by atoms with Gasteiger partial charge in [0.15, 0.2) is 6.10 Å². The summed E-state index contributed by atoms with van der Waals surface area (Å²) in [5, 5.41) is 3.68. The third kappa shape index (κ3) is 4.61. The Kier molecular flexibility index (Phi) is 5.87. The molecular weight excluding hydrogens is 348 g/mol. The highest BCUT2D eigenvalue weighted by Gasteiger charge is 2.21. The number of nitrogens with zero attached hydrogens (tertiary/aromatic N) is 1. The van der Waals surface area contributed by atoms with E-state index in [-0.39, 0.29) is 11.9 Å². The number of ether oxygens (including phenoxy) is 1. The van der Waals surface area contributed by atoms with Crippen molar-refractivity contribution < 1.29 is 9.53 Å². The Balaban J connectivity index is 1.75. The largest absolute Gasteiger partial charge is 0.481 e. The van der Waals surface area contributed by atoms with Crippen LogP contribution < -0.4 is 10.1 Å². The van der Waals surface area contributed by atoms with Gasteiger partial charge in [-0.1, -0.05) is 41.9 Å². The summed E-state index contributed by atoms with van der Waals surface area (Å²) < 4.78 is 5.72. The van der Waals surface area contributed by atoms with Crippen molar-refractivity contribution in [1.29, 1.82) is 0 Å². The first kappa shape index (κ1) is 18.0. The quantitative estimate of drug-likeness (QED) is 0.703. The average Bonchev–Trinajstić information content (AvgIpc) is 2.69. The summed E-state index contributed by atoms with van der Waals surface area (Å²) in [7, 11) is 0. The third-order valence-electron chi connectivity index (χ3n) is 3.95. The third-order valence-corrected chi connectivity index (χ3v) is 4.21. The van der Waals surface area contributed by atoms with E-state index in [0.29, 0.717) is 10.8 Å². The van der Waals surface area contributed by atoms with Gasteiger partial charge >= 0.3 is 0 Å². The van der Waals surface area contributed by atoms with Crippen LogP contribution in [-0.4, -0.2) is 17.0 Å². The normalized spacial score (nSPS) is 12.8. The number of halogens is 1. The molecule has 0 bridgehead atoms. The molecule has 0 spiro atoms. The molecule has 3 rings (SSSR count). The number of benzene rings is 2. The van der Waals surface area contributed by atoms with Crippen LogP contribution in [0.3, 0.4) is 0 Å². The van der Waals surface area contributed by atoms with Crippen LogP contribution in [0.25, 0.3) is 0 Å². The van der Waals surface area contributed by atoms with Crippen molar-refractivity contribution in [2.24, 2.45) is 0 Å². The number of nitrogens with one attached hydrogen (secondary N) is 1. The number of carbonyl (C=O) groups is 1. The van der Waals surface area contributed by atoms with Gasteiger partial charge in [-0.05, 0) is 54.4 Å². The number of hydrogen-bond acceptors (Lipinski definition) is 3. The molecule has 1 heterocycles. The summed E-state index contributed by atoms with van der Waals surface area (Å²) >= 11 is 5.88. The smallest absolute Gasteiger partial charge is 0.261 e. The fourth-order valence-electron chi connectivity index (χ4n) is 2.59. The Morgan fingerprint density at radius 1 is 0.962 bits per heavy atom. The molecule has 5 heteroatoms. The van der Waals surface area contributed by atoms with Gasteiger partial charge in [-0.3, -0.25) is 9.78 Å². The van der Waals surface area contributed by atoms with Crippen molar-refractivity contribution in [3.8, 4) is 5.75 Å². The summed E-state index contributed by atoms with van der Waals surface area (Å²) in [4.78, 5) is 16.7. The van der Waals surface area contributed by atoms with Gasteiger partial charge in [0.1, 0.15) is 5.75 Å². The van der Waals surface area contributed by atoms with E-state index < -0.39 is 6.10 Å². The molecule has 1 aromatic heterocycles. The second-order valence-electron chi connectivity index (χ2n) is 5.85. The Morgan fingerprint density at radius 3 is 2.23 bits per heavy atom. The molecule has 2 aromatic carbocycles. The van der Waals surface area contributed by atoms with Crippen molar-refractivity contribution in [2.75, 3.05) is 0 Å². The maximum Gasteiger partial charge on any atom is 0.261 e. The summed E-state index contributed by atoms with van der Waals surface area (Å²) in [6, 6.07) is 20.2. The number of rotatable bonds is 6. The summed E-state index contributed by atoms with van der Waals surface area (Å²) in [6.07, 6.45) is 2.78. The molecule has 1 N–H and O–H groups in total. The Bertz CT molecular complexity index is 799. The molecule has 3 aromatic rings. The molecular formula is C21H19ClN2O2. The van der Waals surface area contributed by atoms with E-state index in [2.05, 4.69) is 10.3 Å². The van der Waals surface area contributed by atoms with Gasteiger partial charge in [0, 0.05) is 17.4 Å². The maximum atomic E-state index is 12.7. The summed E-state index contributed by atoms with van der Waals surface area (Å²) in [5.74, 6) is 0.392. The lowest BCUT2D eigenvalue weighted by atomic mass is 9.99. The van der Waals surface area contributed by atoms with Crippen LogP contribution >= 0.6 is 11.6 Å². The van der Waals surface area contributed by atoms with Crippen LogP contribution in [0.4, 0.5) is 0 Å². The highest BCUT2D eigenvalue weighted by Crippen LogP contribution is 2.22. The van der Waals surface area contributed by atoms with E-state index >= 15 is 0 Å². The molecule has 0 fully saturated rings. The fourth-order valence-corrected chi connectivity index (χ4v) is 2.72. The van der Waals surface area contributed by atoms with Crippen LogP contribution in [-0.2, 0) is 4.79 Å². The lowest BCUT2D eigenvalue weighted by molar-refractivity contribution is -0.127. The topological polar surface area (TPSA) is 51.2 Å². The Hall–Kier alpha value is -2.85. The number of amides is 1. The molecule has 0 saturated carbocycles. The molecule has 4 nitrogen and oxygen atoms in total. The molecule has 2 atom stereocenters. The maximum absolute atomic E-state index is 12.7. The minimum absolute atomic E-state index is 0.203. The molecule has 0 radical (unpaired) electrons.